The summed E-state index contributed by atoms with van der Waals surface area (Å²) < 4.78 is 24.3. The van der Waals surface area contributed by atoms with Crippen LogP contribution in [-0.2, 0) is 4.74 Å². The predicted molar refractivity (Wildman–Crippen MR) is 114 cm³/mol. The number of rotatable bonds is 8. The minimum Gasteiger partial charge on any atom is -0.494 e. The normalized spacial score (nSPS) is 14.6. The van der Waals surface area contributed by atoms with Gasteiger partial charge in [-0.25, -0.2) is 4.39 Å². The highest BCUT2D eigenvalue weighted by Gasteiger charge is 2.12. The Morgan fingerprint density at radius 2 is 2.07 bits per heavy atom. The van der Waals surface area contributed by atoms with Crippen molar-refractivity contribution in [3.8, 4) is 16.3 Å². The molecule has 158 valence electrons. The number of carbonyl (C=O) groups excluding carboxylic acids is 1. The van der Waals surface area contributed by atoms with Crippen molar-refractivity contribution >= 4 is 23.1 Å². The summed E-state index contributed by atoms with van der Waals surface area (Å²) >= 11 is 1.27. The molecule has 2 aromatic heterocycles. The molecule has 0 aliphatic carbocycles. The van der Waals surface area contributed by atoms with Crippen LogP contribution in [0.15, 0.2) is 41.8 Å². The fourth-order valence-corrected chi connectivity index (χ4v) is 3.88. The lowest BCUT2D eigenvalue weighted by molar-refractivity contribution is 0.0358. The molecular formula is C21H23FN4O3S. The molecule has 0 radical (unpaired) electrons. The Morgan fingerprint density at radius 3 is 2.80 bits per heavy atom. The summed E-state index contributed by atoms with van der Waals surface area (Å²) in [5, 5.41) is 11.0. The average Bonchev–Trinajstić information content (AvgIpc) is 3.41. The Labute approximate surface area is 177 Å². The summed E-state index contributed by atoms with van der Waals surface area (Å²) in [6.45, 7) is 5.18. The van der Waals surface area contributed by atoms with E-state index in [9.17, 15) is 9.18 Å². The fraction of sp³-hybridized carbons (Fsp3) is 0.333. The molecule has 1 aliphatic heterocycles. The molecule has 3 aromatic rings. The van der Waals surface area contributed by atoms with Crippen molar-refractivity contribution in [3.05, 3.63) is 53.2 Å². The van der Waals surface area contributed by atoms with Crippen molar-refractivity contribution in [1.82, 2.24) is 15.1 Å². The molecule has 1 saturated heterocycles. The summed E-state index contributed by atoms with van der Waals surface area (Å²) in [4.78, 5) is 15.5. The summed E-state index contributed by atoms with van der Waals surface area (Å²) in [6.07, 6.45) is 0.942. The lowest BCUT2D eigenvalue weighted by Gasteiger charge is -2.26. The number of ether oxygens (including phenoxy) is 2. The van der Waals surface area contributed by atoms with Crippen LogP contribution in [0.3, 0.4) is 0 Å². The maximum absolute atomic E-state index is 13.2. The maximum atomic E-state index is 13.2. The number of nitrogens with one attached hydrogen (secondary N) is 2. The number of carbonyl (C=O) groups is 1. The molecule has 3 heterocycles. The number of halogens is 1. The number of amides is 1. The van der Waals surface area contributed by atoms with Crippen LogP contribution >= 0.6 is 11.3 Å². The topological polar surface area (TPSA) is 79.5 Å². The molecule has 7 nitrogen and oxygen atoms in total. The van der Waals surface area contributed by atoms with Gasteiger partial charge in [-0.3, -0.25) is 14.8 Å². The monoisotopic (exact) mass is 430 g/mol. The Bertz CT molecular complexity index is 967. The molecular weight excluding hydrogens is 407 g/mol. The fourth-order valence-electron chi connectivity index (χ4n) is 3.16. The molecule has 30 heavy (non-hydrogen) atoms. The third-order valence-corrected chi connectivity index (χ3v) is 5.69. The van der Waals surface area contributed by atoms with Crippen LogP contribution in [0.25, 0.3) is 10.6 Å². The Hall–Kier alpha value is -2.75. The molecule has 2 N–H and O–H groups in total. The van der Waals surface area contributed by atoms with Gasteiger partial charge in [0, 0.05) is 36.6 Å². The lowest BCUT2D eigenvalue weighted by Crippen LogP contribution is -2.37. The Kier molecular flexibility index (Phi) is 6.73. The van der Waals surface area contributed by atoms with Crippen molar-refractivity contribution in [3.63, 3.8) is 0 Å². The second-order valence-corrected chi connectivity index (χ2v) is 7.84. The van der Waals surface area contributed by atoms with Crippen LogP contribution in [0.1, 0.15) is 16.8 Å². The van der Waals surface area contributed by atoms with Crippen molar-refractivity contribution in [2.24, 2.45) is 0 Å². The minimum atomic E-state index is -0.293. The highest BCUT2D eigenvalue weighted by Crippen LogP contribution is 2.26. The summed E-state index contributed by atoms with van der Waals surface area (Å²) in [5.41, 5.74) is 1.16. The number of aromatic amines is 1. The van der Waals surface area contributed by atoms with E-state index in [0.717, 1.165) is 49.9 Å². The van der Waals surface area contributed by atoms with Gasteiger partial charge in [-0.15, -0.1) is 11.3 Å². The number of H-pyrrole nitrogens is 1. The van der Waals surface area contributed by atoms with E-state index in [1.807, 2.05) is 0 Å². The number of aromatic nitrogens is 2. The van der Waals surface area contributed by atoms with Gasteiger partial charge >= 0.3 is 0 Å². The average molecular weight is 431 g/mol. The second-order valence-electron chi connectivity index (χ2n) is 6.93. The van der Waals surface area contributed by atoms with Gasteiger partial charge in [-0.1, -0.05) is 0 Å². The highest BCUT2D eigenvalue weighted by molar-refractivity contribution is 7.13. The standard InChI is InChI=1S/C21H23FN4O3S/c22-16-12-19(30-14-16)18-13-20(25-24-18)23-21(27)15-2-4-17(5-3-15)29-9-1-6-26-7-10-28-11-8-26/h2-5,12-14H,1,6-11H2,(H2,23,24,25,27). The summed E-state index contributed by atoms with van der Waals surface area (Å²) in [5.74, 6) is 0.547. The van der Waals surface area contributed by atoms with Gasteiger partial charge in [0.1, 0.15) is 11.6 Å². The Balaban J connectivity index is 1.24. The SMILES string of the molecule is O=C(Nc1cc(-c2cc(F)cs2)[nH]n1)c1ccc(OCCCN2CCOCC2)cc1. The van der Waals surface area contributed by atoms with Crippen molar-refractivity contribution in [2.45, 2.75) is 6.42 Å². The quantitative estimate of drug-likeness (QED) is 0.534. The van der Waals surface area contributed by atoms with E-state index < -0.39 is 0 Å². The summed E-state index contributed by atoms with van der Waals surface area (Å²) in [6, 6.07) is 10.1. The number of morpholine rings is 1. The van der Waals surface area contributed by atoms with Crippen LogP contribution in [0.4, 0.5) is 10.2 Å². The van der Waals surface area contributed by atoms with Crippen molar-refractivity contribution < 1.29 is 18.7 Å². The molecule has 0 unspecified atom stereocenters. The van der Waals surface area contributed by atoms with Gasteiger partial charge in [0.2, 0.25) is 0 Å². The predicted octanol–water partition coefficient (Wildman–Crippen LogP) is 3.63. The molecule has 0 spiro atoms. The van der Waals surface area contributed by atoms with Gasteiger partial charge in [-0.05, 0) is 36.8 Å². The van der Waals surface area contributed by atoms with E-state index in [4.69, 9.17) is 9.47 Å². The van der Waals surface area contributed by atoms with Gasteiger partial charge < -0.3 is 14.8 Å². The van der Waals surface area contributed by atoms with E-state index >= 15 is 0 Å². The van der Waals surface area contributed by atoms with Crippen LogP contribution in [0, 0.1) is 5.82 Å². The highest BCUT2D eigenvalue weighted by atomic mass is 32.1. The van der Waals surface area contributed by atoms with Crippen molar-refractivity contribution in [2.75, 3.05) is 44.8 Å². The zero-order chi connectivity index (χ0) is 20.8. The van der Waals surface area contributed by atoms with Crippen molar-refractivity contribution in [1.29, 1.82) is 0 Å². The van der Waals surface area contributed by atoms with Gasteiger partial charge in [0.05, 0.1) is 30.4 Å². The zero-order valence-corrected chi connectivity index (χ0v) is 17.2. The third kappa shape index (κ3) is 5.44. The molecule has 9 heteroatoms. The maximum Gasteiger partial charge on any atom is 0.256 e. The van der Waals surface area contributed by atoms with Crippen LogP contribution in [-0.4, -0.2) is 60.5 Å². The first-order valence-corrected chi connectivity index (χ1v) is 10.7. The van der Waals surface area contributed by atoms with E-state index in [-0.39, 0.29) is 11.7 Å². The molecule has 0 saturated carbocycles. The number of nitrogens with zero attached hydrogens (tertiary/aromatic N) is 2. The van der Waals surface area contributed by atoms with Crippen LogP contribution < -0.4 is 10.1 Å². The molecule has 1 aliphatic rings. The number of anilines is 1. The molecule has 0 atom stereocenters. The molecule has 0 bridgehead atoms. The Morgan fingerprint density at radius 1 is 1.27 bits per heavy atom. The lowest BCUT2D eigenvalue weighted by atomic mass is 10.2. The number of hydrogen-bond donors (Lipinski definition) is 2. The minimum absolute atomic E-state index is 0.274. The molecule has 1 fully saturated rings. The number of hydrogen-bond acceptors (Lipinski definition) is 6. The zero-order valence-electron chi connectivity index (χ0n) is 16.4. The summed E-state index contributed by atoms with van der Waals surface area (Å²) in [7, 11) is 0. The third-order valence-electron chi connectivity index (χ3n) is 4.76. The number of thiophene rings is 1. The van der Waals surface area contributed by atoms with E-state index in [1.54, 1.807) is 30.3 Å². The van der Waals surface area contributed by atoms with Gasteiger partial charge in [0.15, 0.2) is 5.82 Å². The van der Waals surface area contributed by atoms with Crippen LogP contribution in [0.5, 0.6) is 5.75 Å². The van der Waals surface area contributed by atoms with E-state index in [0.29, 0.717) is 23.7 Å². The first kappa shape index (κ1) is 20.5. The van der Waals surface area contributed by atoms with E-state index in [1.165, 1.54) is 22.8 Å². The molecule has 1 amide bonds. The first-order chi connectivity index (χ1) is 14.7. The van der Waals surface area contributed by atoms with E-state index in [2.05, 4.69) is 20.4 Å². The smallest absolute Gasteiger partial charge is 0.256 e. The molecule has 4 rings (SSSR count). The first-order valence-electron chi connectivity index (χ1n) is 9.81. The van der Waals surface area contributed by atoms with Gasteiger partial charge in [0.25, 0.3) is 5.91 Å². The molecule has 1 aromatic carbocycles. The number of benzene rings is 1. The van der Waals surface area contributed by atoms with Crippen LogP contribution in [0.2, 0.25) is 0 Å². The van der Waals surface area contributed by atoms with Gasteiger partial charge in [-0.2, -0.15) is 5.10 Å². The largest absolute Gasteiger partial charge is 0.494 e. The second kappa shape index (κ2) is 9.84.